The van der Waals surface area contributed by atoms with Crippen molar-refractivity contribution >= 4 is 35.4 Å². The molecule has 0 aliphatic heterocycles. The number of oxazole rings is 1. The van der Waals surface area contributed by atoms with Crippen LogP contribution in [0.4, 0.5) is 0 Å². The lowest BCUT2D eigenvalue weighted by molar-refractivity contribution is 0.541. The number of aromatic amines is 1. The van der Waals surface area contributed by atoms with Gasteiger partial charge in [0.15, 0.2) is 0 Å². The van der Waals surface area contributed by atoms with E-state index in [0.29, 0.717) is 14.9 Å². The summed E-state index contributed by atoms with van der Waals surface area (Å²) in [4.78, 5) is 3.22. The molecule has 0 atom stereocenters. The van der Waals surface area contributed by atoms with Crippen LogP contribution in [0.2, 0.25) is 10.0 Å². The molecule has 0 aliphatic rings. The van der Waals surface area contributed by atoms with E-state index in [0.717, 1.165) is 11.3 Å². The van der Waals surface area contributed by atoms with Gasteiger partial charge in [0.2, 0.25) is 0 Å². The first-order valence-corrected chi connectivity index (χ1v) is 4.96. The predicted octanol–water partition coefficient (Wildman–Crippen LogP) is 4.31. The Morgan fingerprint density at radius 1 is 1.21 bits per heavy atom. The van der Waals surface area contributed by atoms with Gasteiger partial charge in [-0.05, 0) is 24.4 Å². The molecule has 0 saturated carbocycles. The SMILES string of the molecule is S=c1[nH]c(-c2ccc(Cl)c(Cl)c2)co1. The molecular weight excluding hydrogens is 241 g/mol. The Bertz CT molecular complexity index is 518. The standard InChI is InChI=1S/C9H5Cl2NOS/c10-6-2-1-5(3-7(6)11)8-4-13-9(14)12-8/h1-4H,(H,12,14). The second kappa shape index (κ2) is 3.77. The molecule has 0 aliphatic carbocycles. The van der Waals surface area contributed by atoms with E-state index in [1.165, 1.54) is 0 Å². The summed E-state index contributed by atoms with van der Waals surface area (Å²) in [6.45, 7) is 0. The van der Waals surface area contributed by atoms with E-state index in [2.05, 4.69) is 4.98 Å². The van der Waals surface area contributed by atoms with Gasteiger partial charge in [-0.1, -0.05) is 29.3 Å². The van der Waals surface area contributed by atoms with Crippen LogP contribution in [-0.4, -0.2) is 4.98 Å². The smallest absolute Gasteiger partial charge is 0.266 e. The summed E-state index contributed by atoms with van der Waals surface area (Å²) < 4.78 is 4.97. The highest BCUT2D eigenvalue weighted by molar-refractivity contribution is 7.71. The van der Waals surface area contributed by atoms with Gasteiger partial charge in [0, 0.05) is 5.56 Å². The number of aromatic nitrogens is 1. The highest BCUT2D eigenvalue weighted by Gasteiger charge is 2.03. The zero-order valence-electron chi connectivity index (χ0n) is 6.88. The van der Waals surface area contributed by atoms with Crippen molar-refractivity contribution in [3.8, 4) is 11.3 Å². The fourth-order valence-electron chi connectivity index (χ4n) is 1.09. The van der Waals surface area contributed by atoms with Crippen LogP contribution in [0.15, 0.2) is 28.9 Å². The van der Waals surface area contributed by atoms with E-state index in [9.17, 15) is 0 Å². The molecule has 0 bridgehead atoms. The number of nitrogens with one attached hydrogen (secondary N) is 1. The Balaban J connectivity index is 2.52. The third kappa shape index (κ3) is 1.85. The van der Waals surface area contributed by atoms with Crippen molar-refractivity contribution in [1.29, 1.82) is 0 Å². The molecular formula is C9H5Cl2NOS. The topological polar surface area (TPSA) is 28.9 Å². The van der Waals surface area contributed by atoms with E-state index in [-0.39, 0.29) is 0 Å². The highest BCUT2D eigenvalue weighted by atomic mass is 35.5. The number of benzene rings is 1. The molecule has 1 N–H and O–H groups in total. The van der Waals surface area contributed by atoms with Crippen molar-refractivity contribution in [2.75, 3.05) is 0 Å². The zero-order valence-corrected chi connectivity index (χ0v) is 9.21. The molecule has 0 unspecified atom stereocenters. The van der Waals surface area contributed by atoms with Gasteiger partial charge in [-0.15, -0.1) is 0 Å². The summed E-state index contributed by atoms with van der Waals surface area (Å²) in [6.07, 6.45) is 1.54. The number of hydrogen-bond donors (Lipinski definition) is 1. The second-order valence-corrected chi connectivity index (χ2v) is 3.88. The summed E-state index contributed by atoms with van der Waals surface area (Å²) in [5.74, 6) is 0. The fourth-order valence-corrected chi connectivity index (χ4v) is 1.54. The molecule has 5 heteroatoms. The maximum Gasteiger partial charge on any atom is 0.266 e. The first-order chi connectivity index (χ1) is 6.66. The van der Waals surface area contributed by atoms with Crippen LogP contribution >= 0.6 is 35.4 Å². The summed E-state index contributed by atoms with van der Waals surface area (Å²) in [6, 6.07) is 5.31. The lowest BCUT2D eigenvalue weighted by Crippen LogP contribution is -1.77. The summed E-state index contributed by atoms with van der Waals surface area (Å²) in [5.41, 5.74) is 1.67. The molecule has 72 valence electrons. The minimum absolute atomic E-state index is 0.339. The summed E-state index contributed by atoms with van der Waals surface area (Å²) >= 11 is 16.5. The van der Waals surface area contributed by atoms with Crippen LogP contribution in [0.3, 0.4) is 0 Å². The van der Waals surface area contributed by atoms with E-state index >= 15 is 0 Å². The largest absolute Gasteiger partial charge is 0.437 e. The van der Waals surface area contributed by atoms with Gasteiger partial charge in [0.25, 0.3) is 4.84 Å². The molecule has 1 heterocycles. The third-order valence-corrected chi connectivity index (χ3v) is 2.69. The molecule has 14 heavy (non-hydrogen) atoms. The van der Waals surface area contributed by atoms with Gasteiger partial charge in [-0.3, -0.25) is 0 Å². The van der Waals surface area contributed by atoms with Gasteiger partial charge in [0.1, 0.15) is 6.26 Å². The van der Waals surface area contributed by atoms with Crippen LogP contribution in [0.1, 0.15) is 0 Å². The Kier molecular flexibility index (Phi) is 2.63. The predicted molar refractivity (Wildman–Crippen MR) is 59.3 cm³/mol. The summed E-state index contributed by atoms with van der Waals surface area (Å²) in [5, 5.41) is 1.03. The third-order valence-electron chi connectivity index (χ3n) is 1.75. The van der Waals surface area contributed by atoms with Crippen LogP contribution < -0.4 is 0 Å². The van der Waals surface area contributed by atoms with E-state index in [1.807, 2.05) is 6.07 Å². The monoisotopic (exact) mass is 245 g/mol. The van der Waals surface area contributed by atoms with Gasteiger partial charge in [-0.25, -0.2) is 0 Å². The van der Waals surface area contributed by atoms with Crippen molar-refractivity contribution in [2.45, 2.75) is 0 Å². The highest BCUT2D eigenvalue weighted by Crippen LogP contribution is 2.27. The molecule has 0 saturated heterocycles. The average molecular weight is 246 g/mol. The van der Waals surface area contributed by atoms with Crippen molar-refractivity contribution in [1.82, 2.24) is 4.98 Å². The first-order valence-electron chi connectivity index (χ1n) is 3.80. The number of H-pyrrole nitrogens is 1. The second-order valence-electron chi connectivity index (χ2n) is 2.69. The Morgan fingerprint density at radius 2 is 2.00 bits per heavy atom. The minimum atomic E-state index is 0.339. The Morgan fingerprint density at radius 3 is 2.57 bits per heavy atom. The molecule has 0 fully saturated rings. The van der Waals surface area contributed by atoms with Gasteiger partial charge in [-0.2, -0.15) is 0 Å². The molecule has 0 spiro atoms. The van der Waals surface area contributed by atoms with Gasteiger partial charge in [0.05, 0.1) is 15.7 Å². The Hall–Kier alpha value is -0.770. The fraction of sp³-hybridized carbons (Fsp3) is 0. The van der Waals surface area contributed by atoms with Gasteiger partial charge < -0.3 is 9.40 Å². The Labute approximate surface area is 95.5 Å². The summed E-state index contributed by atoms with van der Waals surface area (Å²) in [7, 11) is 0. The maximum absolute atomic E-state index is 5.87. The van der Waals surface area contributed by atoms with E-state index < -0.39 is 0 Å². The number of hydrogen-bond acceptors (Lipinski definition) is 2. The lowest BCUT2D eigenvalue weighted by atomic mass is 10.2. The van der Waals surface area contributed by atoms with Crippen LogP contribution in [0, 0.1) is 4.84 Å². The normalized spacial score (nSPS) is 10.4. The van der Waals surface area contributed by atoms with Crippen LogP contribution in [0.5, 0.6) is 0 Å². The van der Waals surface area contributed by atoms with Crippen molar-refractivity contribution in [2.24, 2.45) is 0 Å². The quantitative estimate of drug-likeness (QED) is 0.759. The molecule has 1 aromatic carbocycles. The van der Waals surface area contributed by atoms with Crippen LogP contribution in [0.25, 0.3) is 11.3 Å². The van der Waals surface area contributed by atoms with Gasteiger partial charge >= 0.3 is 0 Å². The first kappa shape index (κ1) is 9.77. The molecule has 2 rings (SSSR count). The van der Waals surface area contributed by atoms with Crippen molar-refractivity contribution in [3.63, 3.8) is 0 Å². The van der Waals surface area contributed by atoms with E-state index in [4.69, 9.17) is 39.8 Å². The van der Waals surface area contributed by atoms with Crippen molar-refractivity contribution < 1.29 is 4.42 Å². The lowest BCUT2D eigenvalue weighted by Gasteiger charge is -1.98. The molecule has 2 nitrogen and oxygen atoms in total. The number of halogens is 2. The molecule has 2 aromatic rings. The maximum atomic E-state index is 5.87. The zero-order chi connectivity index (χ0) is 10.1. The number of rotatable bonds is 1. The average Bonchev–Trinajstić information content (AvgIpc) is 2.57. The molecule has 1 aromatic heterocycles. The molecule has 0 amide bonds. The van der Waals surface area contributed by atoms with Crippen LogP contribution in [-0.2, 0) is 0 Å². The minimum Gasteiger partial charge on any atom is -0.437 e. The molecule has 0 radical (unpaired) electrons. The van der Waals surface area contributed by atoms with E-state index in [1.54, 1.807) is 18.4 Å². The van der Waals surface area contributed by atoms with Crippen molar-refractivity contribution in [3.05, 3.63) is 39.3 Å².